The van der Waals surface area contributed by atoms with Crippen LogP contribution in [0.1, 0.15) is 33.3 Å². The van der Waals surface area contributed by atoms with Gasteiger partial charge in [-0.1, -0.05) is 17.7 Å². The molecule has 0 unspecified atom stereocenters. The summed E-state index contributed by atoms with van der Waals surface area (Å²) >= 11 is 5.97. The largest absolute Gasteiger partial charge is 0.444 e. The number of benzene rings is 1. The van der Waals surface area contributed by atoms with Gasteiger partial charge in [0, 0.05) is 13.1 Å². The van der Waals surface area contributed by atoms with Crippen molar-refractivity contribution in [3.05, 3.63) is 28.8 Å². The summed E-state index contributed by atoms with van der Waals surface area (Å²) in [5.41, 5.74) is 6.62. The second kappa shape index (κ2) is 6.15. The molecule has 5 heteroatoms. The van der Waals surface area contributed by atoms with Crippen LogP contribution in [0.25, 0.3) is 0 Å². The fourth-order valence-corrected chi connectivity index (χ4v) is 1.72. The number of nitrogens with two attached hydrogens (primary N) is 1. The first-order valence-corrected chi connectivity index (χ1v) is 6.62. The van der Waals surface area contributed by atoms with Crippen LogP contribution in [-0.2, 0) is 11.3 Å². The third-order valence-electron chi connectivity index (χ3n) is 2.47. The standard InChI is InChI=1S/C14H21ClN2O2/c1-5-17(13(18)19-14(2,3)4)9-10-6-7-12(16)11(15)8-10/h6-8H,5,9,16H2,1-4H3. The minimum absolute atomic E-state index is 0.331. The third-order valence-corrected chi connectivity index (χ3v) is 2.80. The van der Waals surface area contributed by atoms with Gasteiger partial charge < -0.3 is 15.4 Å². The average Bonchev–Trinajstić information content (AvgIpc) is 2.28. The predicted octanol–water partition coefficient (Wildman–Crippen LogP) is 3.68. The molecular weight excluding hydrogens is 264 g/mol. The molecule has 0 spiro atoms. The van der Waals surface area contributed by atoms with Crippen LogP contribution in [0.15, 0.2) is 18.2 Å². The zero-order valence-corrected chi connectivity index (χ0v) is 12.6. The van der Waals surface area contributed by atoms with E-state index in [0.29, 0.717) is 23.8 Å². The highest BCUT2D eigenvalue weighted by Gasteiger charge is 2.21. The van der Waals surface area contributed by atoms with E-state index in [4.69, 9.17) is 22.1 Å². The monoisotopic (exact) mass is 284 g/mol. The minimum atomic E-state index is -0.497. The number of nitrogen functional groups attached to an aromatic ring is 1. The maximum Gasteiger partial charge on any atom is 0.410 e. The van der Waals surface area contributed by atoms with Gasteiger partial charge in [0.05, 0.1) is 10.7 Å². The van der Waals surface area contributed by atoms with E-state index in [1.807, 2.05) is 33.8 Å². The molecule has 0 aromatic heterocycles. The topological polar surface area (TPSA) is 55.6 Å². The van der Waals surface area contributed by atoms with Crippen molar-refractivity contribution in [3.63, 3.8) is 0 Å². The molecule has 4 nitrogen and oxygen atoms in total. The molecule has 0 saturated heterocycles. The Morgan fingerprint density at radius 3 is 2.53 bits per heavy atom. The van der Waals surface area contributed by atoms with E-state index < -0.39 is 5.60 Å². The Balaban J connectivity index is 2.76. The van der Waals surface area contributed by atoms with Gasteiger partial charge in [0.25, 0.3) is 0 Å². The molecule has 0 saturated carbocycles. The van der Waals surface area contributed by atoms with Gasteiger partial charge in [0.2, 0.25) is 0 Å². The molecule has 106 valence electrons. The summed E-state index contributed by atoms with van der Waals surface area (Å²) in [5.74, 6) is 0. The van der Waals surface area contributed by atoms with E-state index in [2.05, 4.69) is 0 Å². The summed E-state index contributed by atoms with van der Waals surface area (Å²) in [4.78, 5) is 13.6. The molecule has 0 aliphatic rings. The molecule has 0 heterocycles. The Labute approximate surface area is 119 Å². The van der Waals surface area contributed by atoms with Crippen molar-refractivity contribution < 1.29 is 9.53 Å². The highest BCUT2D eigenvalue weighted by atomic mass is 35.5. The lowest BCUT2D eigenvalue weighted by atomic mass is 10.2. The van der Waals surface area contributed by atoms with Crippen LogP contribution in [0.4, 0.5) is 10.5 Å². The lowest BCUT2D eigenvalue weighted by molar-refractivity contribution is 0.0244. The number of hydrogen-bond donors (Lipinski definition) is 1. The van der Waals surface area contributed by atoms with Gasteiger partial charge in [-0.15, -0.1) is 0 Å². The molecule has 0 aliphatic carbocycles. The number of carbonyl (C=O) groups excluding carboxylic acids is 1. The fraction of sp³-hybridized carbons (Fsp3) is 0.500. The van der Waals surface area contributed by atoms with E-state index in [-0.39, 0.29) is 6.09 Å². The van der Waals surface area contributed by atoms with E-state index in [1.165, 1.54) is 0 Å². The zero-order valence-electron chi connectivity index (χ0n) is 11.9. The molecule has 1 amide bonds. The van der Waals surface area contributed by atoms with E-state index in [1.54, 1.807) is 17.0 Å². The SMILES string of the molecule is CCN(Cc1ccc(N)c(Cl)c1)C(=O)OC(C)(C)C. The Hall–Kier alpha value is -1.42. The number of anilines is 1. The lowest BCUT2D eigenvalue weighted by Crippen LogP contribution is -2.36. The van der Waals surface area contributed by atoms with Crippen molar-refractivity contribution >= 4 is 23.4 Å². The quantitative estimate of drug-likeness (QED) is 0.862. The van der Waals surface area contributed by atoms with Crippen molar-refractivity contribution in [2.45, 2.75) is 39.8 Å². The molecule has 1 aromatic rings. The van der Waals surface area contributed by atoms with Crippen LogP contribution in [0.2, 0.25) is 5.02 Å². The second-order valence-corrected chi connectivity index (χ2v) is 5.76. The summed E-state index contributed by atoms with van der Waals surface area (Å²) in [7, 11) is 0. The van der Waals surface area contributed by atoms with E-state index in [0.717, 1.165) is 5.56 Å². The molecule has 19 heavy (non-hydrogen) atoms. The highest BCUT2D eigenvalue weighted by molar-refractivity contribution is 6.33. The van der Waals surface area contributed by atoms with Crippen LogP contribution in [0.5, 0.6) is 0 Å². The zero-order chi connectivity index (χ0) is 14.6. The van der Waals surface area contributed by atoms with Gasteiger partial charge in [-0.2, -0.15) is 0 Å². The Kier molecular flexibility index (Phi) is 5.06. The van der Waals surface area contributed by atoms with Gasteiger partial charge in [0.15, 0.2) is 0 Å². The van der Waals surface area contributed by atoms with E-state index >= 15 is 0 Å². The molecule has 1 rings (SSSR count). The molecule has 0 radical (unpaired) electrons. The molecular formula is C14H21ClN2O2. The number of hydrogen-bond acceptors (Lipinski definition) is 3. The lowest BCUT2D eigenvalue weighted by Gasteiger charge is -2.26. The van der Waals surface area contributed by atoms with Gasteiger partial charge in [0.1, 0.15) is 5.60 Å². The summed E-state index contributed by atoms with van der Waals surface area (Å²) in [6.45, 7) is 8.46. The fourth-order valence-electron chi connectivity index (χ4n) is 1.52. The Morgan fingerprint density at radius 2 is 2.05 bits per heavy atom. The maximum absolute atomic E-state index is 12.0. The van der Waals surface area contributed by atoms with Gasteiger partial charge >= 0.3 is 6.09 Å². The summed E-state index contributed by atoms with van der Waals surface area (Å²) < 4.78 is 5.35. The number of halogens is 1. The summed E-state index contributed by atoms with van der Waals surface area (Å²) in [6, 6.07) is 5.36. The van der Waals surface area contributed by atoms with Gasteiger partial charge in [-0.3, -0.25) is 0 Å². The first kappa shape index (κ1) is 15.6. The molecule has 0 fully saturated rings. The smallest absolute Gasteiger partial charge is 0.410 e. The maximum atomic E-state index is 12.0. The number of ether oxygens (including phenoxy) is 1. The number of amides is 1. The first-order chi connectivity index (χ1) is 8.73. The minimum Gasteiger partial charge on any atom is -0.444 e. The summed E-state index contributed by atoms with van der Waals surface area (Å²) in [6.07, 6.45) is -0.331. The van der Waals surface area contributed by atoms with Crippen LogP contribution >= 0.6 is 11.6 Å². The van der Waals surface area contributed by atoms with Crippen LogP contribution in [0, 0.1) is 0 Å². The number of rotatable bonds is 3. The summed E-state index contributed by atoms with van der Waals surface area (Å²) in [5, 5.41) is 0.498. The predicted molar refractivity (Wildman–Crippen MR) is 78.2 cm³/mol. The van der Waals surface area contributed by atoms with Crippen molar-refractivity contribution in [1.29, 1.82) is 0 Å². The molecule has 1 aromatic carbocycles. The normalized spacial score (nSPS) is 11.2. The van der Waals surface area contributed by atoms with E-state index in [9.17, 15) is 4.79 Å². The number of nitrogens with zero attached hydrogens (tertiary/aromatic N) is 1. The molecule has 0 bridgehead atoms. The highest BCUT2D eigenvalue weighted by Crippen LogP contribution is 2.21. The average molecular weight is 285 g/mol. The van der Waals surface area contributed by atoms with Crippen molar-refractivity contribution in [1.82, 2.24) is 4.90 Å². The Bertz CT molecular complexity index is 455. The first-order valence-electron chi connectivity index (χ1n) is 6.24. The molecule has 0 aliphatic heterocycles. The van der Waals surface area contributed by atoms with Crippen LogP contribution < -0.4 is 5.73 Å². The Morgan fingerprint density at radius 1 is 1.42 bits per heavy atom. The second-order valence-electron chi connectivity index (χ2n) is 5.35. The van der Waals surface area contributed by atoms with Crippen molar-refractivity contribution in [2.24, 2.45) is 0 Å². The number of carbonyl (C=O) groups is 1. The third kappa shape index (κ3) is 4.99. The van der Waals surface area contributed by atoms with Gasteiger partial charge in [-0.05, 0) is 45.4 Å². The van der Waals surface area contributed by atoms with Crippen molar-refractivity contribution in [3.8, 4) is 0 Å². The molecule has 2 N–H and O–H groups in total. The van der Waals surface area contributed by atoms with Gasteiger partial charge in [-0.25, -0.2) is 4.79 Å². The van der Waals surface area contributed by atoms with Crippen LogP contribution in [0.3, 0.4) is 0 Å². The van der Waals surface area contributed by atoms with Crippen LogP contribution in [-0.4, -0.2) is 23.1 Å². The van der Waals surface area contributed by atoms with Crippen molar-refractivity contribution in [2.75, 3.05) is 12.3 Å². The molecule has 0 atom stereocenters.